The van der Waals surface area contributed by atoms with Gasteiger partial charge < -0.3 is 9.47 Å². The van der Waals surface area contributed by atoms with Crippen molar-refractivity contribution in [1.82, 2.24) is 19.4 Å². The van der Waals surface area contributed by atoms with E-state index in [2.05, 4.69) is 11.1 Å². The third-order valence-corrected chi connectivity index (χ3v) is 6.92. The molecular weight excluding hydrogens is 396 g/mol. The molecule has 30 heavy (non-hydrogen) atoms. The van der Waals surface area contributed by atoms with Gasteiger partial charge in [0.25, 0.3) is 11.5 Å². The van der Waals surface area contributed by atoms with Crippen LogP contribution in [0.3, 0.4) is 0 Å². The molecule has 1 saturated heterocycles. The van der Waals surface area contributed by atoms with Gasteiger partial charge in [-0.25, -0.2) is 9.97 Å². The molecule has 0 spiro atoms. The van der Waals surface area contributed by atoms with Crippen LogP contribution in [0.5, 0.6) is 0 Å². The number of benzene rings is 2. The second-order valence-electron chi connectivity index (χ2n) is 7.63. The van der Waals surface area contributed by atoms with Crippen molar-refractivity contribution in [2.75, 3.05) is 6.54 Å². The lowest BCUT2D eigenvalue weighted by atomic mass is 10.1. The molecule has 6 nitrogen and oxygen atoms in total. The van der Waals surface area contributed by atoms with Crippen LogP contribution in [-0.4, -0.2) is 31.9 Å². The monoisotopic (exact) mass is 418 g/mol. The summed E-state index contributed by atoms with van der Waals surface area (Å²) in [6.07, 6.45) is 1.89. The smallest absolute Gasteiger partial charge is 0.272 e. The number of fused-ring (bicyclic) bond motifs is 2. The molecule has 7 heteroatoms. The van der Waals surface area contributed by atoms with E-state index in [4.69, 9.17) is 4.98 Å². The van der Waals surface area contributed by atoms with Crippen molar-refractivity contribution >= 4 is 38.5 Å². The summed E-state index contributed by atoms with van der Waals surface area (Å²) >= 11 is 1.67. The SMILES string of the molecule is CCn1c(=O)c(C)nc2cc(C(=O)N3CCC[C@H]3c3nc4ccccc4s3)ccc21. The molecule has 3 heterocycles. The molecule has 0 unspecified atom stereocenters. The van der Waals surface area contributed by atoms with E-state index in [0.717, 1.165) is 40.1 Å². The zero-order chi connectivity index (χ0) is 20.8. The zero-order valence-corrected chi connectivity index (χ0v) is 17.8. The predicted molar refractivity (Wildman–Crippen MR) is 119 cm³/mol. The topological polar surface area (TPSA) is 68.1 Å². The Labute approximate surface area is 177 Å². The summed E-state index contributed by atoms with van der Waals surface area (Å²) in [6.45, 7) is 4.94. The lowest BCUT2D eigenvalue weighted by molar-refractivity contribution is 0.0735. The fourth-order valence-corrected chi connectivity index (χ4v) is 5.40. The van der Waals surface area contributed by atoms with E-state index in [0.29, 0.717) is 23.3 Å². The van der Waals surface area contributed by atoms with Gasteiger partial charge in [0, 0.05) is 18.7 Å². The van der Waals surface area contributed by atoms with Gasteiger partial charge in [-0.1, -0.05) is 12.1 Å². The Morgan fingerprint density at radius 3 is 2.80 bits per heavy atom. The van der Waals surface area contributed by atoms with E-state index < -0.39 is 0 Å². The first-order chi connectivity index (χ1) is 14.6. The molecule has 0 aliphatic carbocycles. The van der Waals surface area contributed by atoms with Crippen LogP contribution in [0, 0.1) is 6.92 Å². The molecule has 152 valence electrons. The Hall–Kier alpha value is -3.06. The Morgan fingerprint density at radius 2 is 2.00 bits per heavy atom. The average Bonchev–Trinajstić information content (AvgIpc) is 3.40. The third kappa shape index (κ3) is 3.01. The molecule has 1 aliphatic rings. The van der Waals surface area contributed by atoms with E-state index in [1.807, 2.05) is 42.2 Å². The highest BCUT2D eigenvalue weighted by molar-refractivity contribution is 7.18. The molecule has 0 radical (unpaired) electrons. The molecule has 2 aromatic carbocycles. The maximum absolute atomic E-state index is 13.4. The molecule has 2 aromatic heterocycles. The van der Waals surface area contributed by atoms with Gasteiger partial charge in [0.1, 0.15) is 10.7 Å². The molecule has 1 aliphatic heterocycles. The minimum atomic E-state index is -0.0838. The molecule has 0 saturated carbocycles. The number of amides is 1. The van der Waals surface area contributed by atoms with Gasteiger partial charge >= 0.3 is 0 Å². The highest BCUT2D eigenvalue weighted by Gasteiger charge is 2.33. The highest BCUT2D eigenvalue weighted by atomic mass is 32.1. The lowest BCUT2D eigenvalue weighted by Crippen LogP contribution is -2.30. The van der Waals surface area contributed by atoms with Gasteiger partial charge in [-0.05, 0) is 57.0 Å². The average molecular weight is 419 g/mol. The normalized spacial score (nSPS) is 16.6. The van der Waals surface area contributed by atoms with Crippen LogP contribution < -0.4 is 5.56 Å². The van der Waals surface area contributed by atoms with Gasteiger partial charge in [-0.15, -0.1) is 11.3 Å². The first-order valence-corrected chi connectivity index (χ1v) is 11.1. The van der Waals surface area contributed by atoms with Crippen LogP contribution >= 0.6 is 11.3 Å². The van der Waals surface area contributed by atoms with Gasteiger partial charge in [-0.2, -0.15) is 0 Å². The Morgan fingerprint density at radius 1 is 1.17 bits per heavy atom. The van der Waals surface area contributed by atoms with Crippen molar-refractivity contribution in [3.05, 3.63) is 69.1 Å². The van der Waals surface area contributed by atoms with Crippen LogP contribution in [0.25, 0.3) is 21.3 Å². The third-order valence-electron chi connectivity index (χ3n) is 5.78. The van der Waals surface area contributed by atoms with Crippen LogP contribution in [0.2, 0.25) is 0 Å². The van der Waals surface area contributed by atoms with Crippen LogP contribution in [0.1, 0.15) is 46.9 Å². The standard InChI is InChI=1S/C23H22N4O2S/c1-3-26-18-11-10-15(13-17(18)24-14(2)22(26)28)23(29)27-12-6-8-19(27)21-25-16-7-4-5-9-20(16)30-21/h4-5,7,9-11,13,19H,3,6,8,12H2,1-2H3/t19-/m0/s1. The van der Waals surface area contributed by atoms with Crippen LogP contribution in [-0.2, 0) is 6.54 Å². The summed E-state index contributed by atoms with van der Waals surface area (Å²) < 4.78 is 2.85. The zero-order valence-electron chi connectivity index (χ0n) is 17.0. The highest BCUT2D eigenvalue weighted by Crippen LogP contribution is 2.37. The second kappa shape index (κ2) is 7.32. The first-order valence-electron chi connectivity index (χ1n) is 10.2. The number of thiazole rings is 1. The number of nitrogens with zero attached hydrogens (tertiary/aromatic N) is 4. The maximum atomic E-state index is 13.4. The Kier molecular flexibility index (Phi) is 4.62. The number of hydrogen-bond acceptors (Lipinski definition) is 5. The minimum Gasteiger partial charge on any atom is -0.329 e. The maximum Gasteiger partial charge on any atom is 0.272 e. The molecular formula is C23H22N4O2S. The quantitative estimate of drug-likeness (QED) is 0.497. The summed E-state index contributed by atoms with van der Waals surface area (Å²) in [7, 11) is 0. The van der Waals surface area contributed by atoms with E-state index in [1.54, 1.807) is 28.9 Å². The largest absolute Gasteiger partial charge is 0.329 e. The van der Waals surface area contributed by atoms with Gasteiger partial charge in [0.15, 0.2) is 0 Å². The number of para-hydroxylation sites is 1. The van der Waals surface area contributed by atoms with Crippen molar-refractivity contribution in [3.8, 4) is 0 Å². The minimum absolute atomic E-state index is 0.00453. The predicted octanol–water partition coefficient (Wildman–Crippen LogP) is 4.31. The van der Waals surface area contributed by atoms with E-state index >= 15 is 0 Å². The van der Waals surface area contributed by atoms with Crippen LogP contribution in [0.15, 0.2) is 47.3 Å². The van der Waals surface area contributed by atoms with E-state index in [9.17, 15) is 9.59 Å². The molecule has 4 aromatic rings. The Bertz CT molecular complexity index is 1310. The van der Waals surface area contributed by atoms with Crippen molar-refractivity contribution in [1.29, 1.82) is 0 Å². The number of hydrogen-bond donors (Lipinski definition) is 0. The molecule has 1 fully saturated rings. The van der Waals surface area contributed by atoms with Gasteiger partial charge in [0.2, 0.25) is 0 Å². The summed E-state index contributed by atoms with van der Waals surface area (Å²) in [4.78, 5) is 36.9. The molecule has 0 N–H and O–H groups in total. The first kappa shape index (κ1) is 18.9. The molecule has 1 amide bonds. The lowest BCUT2D eigenvalue weighted by Gasteiger charge is -2.23. The van der Waals surface area contributed by atoms with Crippen molar-refractivity contribution in [2.45, 2.75) is 39.3 Å². The van der Waals surface area contributed by atoms with Gasteiger partial charge in [0.05, 0.1) is 27.3 Å². The second-order valence-corrected chi connectivity index (χ2v) is 8.69. The number of aromatic nitrogens is 3. The summed E-state index contributed by atoms with van der Waals surface area (Å²) in [5, 5.41) is 0.997. The number of likely N-dealkylation sites (tertiary alicyclic amines) is 1. The van der Waals surface area contributed by atoms with Crippen LogP contribution in [0.4, 0.5) is 0 Å². The number of carbonyl (C=O) groups is 1. The van der Waals surface area contributed by atoms with Crippen molar-refractivity contribution in [2.24, 2.45) is 0 Å². The molecule has 0 bridgehead atoms. The number of carbonyl (C=O) groups excluding carboxylic acids is 1. The summed E-state index contributed by atoms with van der Waals surface area (Å²) in [5.74, 6) is -0.00708. The number of rotatable bonds is 3. The van der Waals surface area contributed by atoms with Crippen molar-refractivity contribution < 1.29 is 4.79 Å². The Balaban J connectivity index is 1.52. The molecule has 1 atom stereocenters. The van der Waals surface area contributed by atoms with E-state index in [-0.39, 0.29) is 17.5 Å². The van der Waals surface area contributed by atoms with Crippen molar-refractivity contribution in [3.63, 3.8) is 0 Å². The fourth-order valence-electron chi connectivity index (χ4n) is 4.29. The fraction of sp³-hybridized carbons (Fsp3) is 0.304. The summed E-state index contributed by atoms with van der Waals surface area (Å²) in [5.41, 5.74) is 3.38. The summed E-state index contributed by atoms with van der Waals surface area (Å²) in [6, 6.07) is 13.5. The molecule has 5 rings (SSSR count). The number of aryl methyl sites for hydroxylation is 2. The van der Waals surface area contributed by atoms with Gasteiger partial charge in [-0.3, -0.25) is 9.59 Å². The van der Waals surface area contributed by atoms with E-state index in [1.165, 1.54) is 0 Å².